The standard InChI is InChI=1S/C12H10F2N2O2S/c13-10-1-2-11(14)12(7-10)19(17,18)16-8-9-3-5-15-6-4-9/h1-7,16H,8H2. The summed E-state index contributed by atoms with van der Waals surface area (Å²) in [5, 5.41) is 0. The lowest BCUT2D eigenvalue weighted by Crippen LogP contribution is -2.24. The highest BCUT2D eigenvalue weighted by atomic mass is 32.2. The topological polar surface area (TPSA) is 59.1 Å². The molecule has 0 aliphatic rings. The third-order valence-electron chi connectivity index (χ3n) is 2.40. The van der Waals surface area contributed by atoms with Gasteiger partial charge in [0.1, 0.15) is 16.5 Å². The van der Waals surface area contributed by atoms with Crippen LogP contribution in [0.4, 0.5) is 8.78 Å². The monoisotopic (exact) mass is 284 g/mol. The SMILES string of the molecule is O=S(=O)(NCc1ccncc1)c1cc(F)ccc1F. The lowest BCUT2D eigenvalue weighted by atomic mass is 10.3. The molecule has 0 aliphatic heterocycles. The number of nitrogens with one attached hydrogen (secondary N) is 1. The second-order valence-electron chi connectivity index (χ2n) is 3.75. The number of aromatic nitrogens is 1. The molecule has 7 heteroatoms. The van der Waals surface area contributed by atoms with Crippen LogP contribution in [0.15, 0.2) is 47.6 Å². The molecule has 1 aromatic carbocycles. The molecule has 0 fully saturated rings. The first-order chi connectivity index (χ1) is 8.99. The van der Waals surface area contributed by atoms with E-state index in [-0.39, 0.29) is 6.54 Å². The molecular formula is C12H10F2N2O2S. The maximum Gasteiger partial charge on any atom is 0.243 e. The molecular weight excluding hydrogens is 274 g/mol. The summed E-state index contributed by atoms with van der Waals surface area (Å²) in [7, 11) is -4.10. The van der Waals surface area contributed by atoms with Gasteiger partial charge >= 0.3 is 0 Å². The summed E-state index contributed by atoms with van der Waals surface area (Å²) in [6.07, 6.45) is 3.01. The van der Waals surface area contributed by atoms with Crippen molar-refractivity contribution >= 4 is 10.0 Å². The average molecular weight is 284 g/mol. The average Bonchev–Trinajstić information content (AvgIpc) is 2.40. The van der Waals surface area contributed by atoms with E-state index in [4.69, 9.17) is 0 Å². The molecule has 0 saturated carbocycles. The first kappa shape index (κ1) is 13.6. The van der Waals surface area contributed by atoms with Crippen molar-refractivity contribution < 1.29 is 17.2 Å². The molecule has 0 radical (unpaired) electrons. The molecule has 4 nitrogen and oxygen atoms in total. The lowest BCUT2D eigenvalue weighted by Gasteiger charge is -2.07. The second-order valence-corrected chi connectivity index (χ2v) is 5.49. The Balaban J connectivity index is 2.21. The Morgan fingerprint density at radius 2 is 1.79 bits per heavy atom. The number of benzene rings is 1. The van der Waals surface area contributed by atoms with Crippen LogP contribution in [0.1, 0.15) is 5.56 Å². The zero-order valence-corrected chi connectivity index (χ0v) is 10.5. The highest BCUT2D eigenvalue weighted by Crippen LogP contribution is 2.15. The maximum absolute atomic E-state index is 13.4. The van der Waals surface area contributed by atoms with Gasteiger partial charge in [0.2, 0.25) is 10.0 Å². The lowest BCUT2D eigenvalue weighted by molar-refractivity contribution is 0.545. The number of halogens is 2. The Hall–Kier alpha value is -1.86. The number of hydrogen-bond donors (Lipinski definition) is 1. The predicted octanol–water partition coefficient (Wildman–Crippen LogP) is 1.84. The van der Waals surface area contributed by atoms with Gasteiger partial charge in [0, 0.05) is 18.9 Å². The summed E-state index contributed by atoms with van der Waals surface area (Å²) in [6, 6.07) is 5.51. The van der Waals surface area contributed by atoms with Crippen LogP contribution in [-0.2, 0) is 16.6 Å². The van der Waals surface area contributed by atoms with Crippen LogP contribution in [0.2, 0.25) is 0 Å². The largest absolute Gasteiger partial charge is 0.265 e. The van der Waals surface area contributed by atoms with E-state index in [1.807, 2.05) is 0 Å². The summed E-state index contributed by atoms with van der Waals surface area (Å²) in [4.78, 5) is 3.08. The summed E-state index contributed by atoms with van der Waals surface area (Å²) in [5.74, 6) is -1.81. The van der Waals surface area contributed by atoms with E-state index in [1.165, 1.54) is 12.4 Å². The van der Waals surface area contributed by atoms with Crippen LogP contribution in [0, 0.1) is 11.6 Å². The van der Waals surface area contributed by atoms with Crippen molar-refractivity contribution in [2.24, 2.45) is 0 Å². The fourth-order valence-electron chi connectivity index (χ4n) is 1.44. The van der Waals surface area contributed by atoms with Crippen LogP contribution in [0.25, 0.3) is 0 Å². The van der Waals surface area contributed by atoms with Crippen molar-refractivity contribution in [2.75, 3.05) is 0 Å². The van der Waals surface area contributed by atoms with Crippen LogP contribution in [0.3, 0.4) is 0 Å². The first-order valence-electron chi connectivity index (χ1n) is 5.33. The molecule has 1 N–H and O–H groups in total. The van der Waals surface area contributed by atoms with Crippen molar-refractivity contribution in [3.63, 3.8) is 0 Å². The van der Waals surface area contributed by atoms with Gasteiger partial charge in [-0.25, -0.2) is 21.9 Å². The summed E-state index contributed by atoms with van der Waals surface area (Å²) in [6.45, 7) is -0.0270. The Morgan fingerprint density at radius 3 is 2.47 bits per heavy atom. The second kappa shape index (κ2) is 5.41. The zero-order chi connectivity index (χ0) is 13.9. The number of sulfonamides is 1. The van der Waals surface area contributed by atoms with Crippen LogP contribution >= 0.6 is 0 Å². The maximum atomic E-state index is 13.4. The van der Waals surface area contributed by atoms with Crippen molar-refractivity contribution in [1.29, 1.82) is 0 Å². The van der Waals surface area contributed by atoms with Gasteiger partial charge in [-0.15, -0.1) is 0 Å². The Bertz CT molecular complexity index is 675. The van der Waals surface area contributed by atoms with Crippen molar-refractivity contribution in [3.05, 3.63) is 59.9 Å². The summed E-state index contributed by atoms with van der Waals surface area (Å²) >= 11 is 0. The molecule has 0 unspecified atom stereocenters. The molecule has 0 atom stereocenters. The Kier molecular flexibility index (Phi) is 3.87. The van der Waals surface area contributed by atoms with Gasteiger partial charge in [-0.1, -0.05) is 0 Å². The first-order valence-corrected chi connectivity index (χ1v) is 6.81. The van der Waals surface area contributed by atoms with E-state index in [1.54, 1.807) is 12.1 Å². The minimum absolute atomic E-state index is 0.0270. The van der Waals surface area contributed by atoms with Crippen LogP contribution in [-0.4, -0.2) is 13.4 Å². The van der Waals surface area contributed by atoms with E-state index in [0.717, 1.165) is 12.1 Å². The van der Waals surface area contributed by atoms with Gasteiger partial charge in [0.05, 0.1) is 0 Å². The predicted molar refractivity (Wildman–Crippen MR) is 64.6 cm³/mol. The van der Waals surface area contributed by atoms with Gasteiger partial charge in [-0.05, 0) is 35.9 Å². The number of hydrogen-bond acceptors (Lipinski definition) is 3. The highest BCUT2D eigenvalue weighted by Gasteiger charge is 2.19. The van der Waals surface area contributed by atoms with Crippen molar-refractivity contribution in [3.8, 4) is 0 Å². The fraction of sp³-hybridized carbons (Fsp3) is 0.0833. The number of pyridine rings is 1. The minimum atomic E-state index is -4.10. The third kappa shape index (κ3) is 3.33. The van der Waals surface area contributed by atoms with Crippen molar-refractivity contribution in [1.82, 2.24) is 9.71 Å². The van der Waals surface area contributed by atoms with Gasteiger partial charge in [0.15, 0.2) is 0 Å². The molecule has 0 saturated heterocycles. The van der Waals surface area contributed by atoms with Gasteiger partial charge in [0.25, 0.3) is 0 Å². The quantitative estimate of drug-likeness (QED) is 0.932. The summed E-state index contributed by atoms with van der Waals surface area (Å²) < 4.78 is 52.3. The normalized spacial score (nSPS) is 11.5. The third-order valence-corrected chi connectivity index (χ3v) is 3.81. The smallest absolute Gasteiger partial charge is 0.243 e. The molecule has 1 aromatic heterocycles. The molecule has 100 valence electrons. The van der Waals surface area contributed by atoms with E-state index in [0.29, 0.717) is 11.6 Å². The zero-order valence-electron chi connectivity index (χ0n) is 9.68. The molecule has 2 rings (SSSR count). The van der Waals surface area contributed by atoms with E-state index in [2.05, 4.69) is 9.71 Å². The van der Waals surface area contributed by atoms with E-state index >= 15 is 0 Å². The van der Waals surface area contributed by atoms with Crippen LogP contribution in [0.5, 0.6) is 0 Å². The van der Waals surface area contributed by atoms with Gasteiger partial charge < -0.3 is 0 Å². The number of nitrogens with zero attached hydrogens (tertiary/aromatic N) is 1. The Morgan fingerprint density at radius 1 is 1.11 bits per heavy atom. The number of rotatable bonds is 4. The van der Waals surface area contributed by atoms with Gasteiger partial charge in [-0.3, -0.25) is 4.98 Å². The highest BCUT2D eigenvalue weighted by molar-refractivity contribution is 7.89. The molecule has 0 amide bonds. The molecule has 0 bridgehead atoms. The van der Waals surface area contributed by atoms with Gasteiger partial charge in [-0.2, -0.15) is 0 Å². The summed E-state index contributed by atoms with van der Waals surface area (Å²) in [5.41, 5.74) is 0.662. The van der Waals surface area contributed by atoms with Crippen LogP contribution < -0.4 is 4.72 Å². The molecule has 0 spiro atoms. The van der Waals surface area contributed by atoms with E-state index in [9.17, 15) is 17.2 Å². The minimum Gasteiger partial charge on any atom is -0.265 e. The molecule has 2 aromatic rings. The Labute approximate surface area is 109 Å². The molecule has 0 aliphatic carbocycles. The molecule has 1 heterocycles. The fourth-order valence-corrected chi connectivity index (χ4v) is 2.54. The molecule has 19 heavy (non-hydrogen) atoms. The van der Waals surface area contributed by atoms with E-state index < -0.39 is 26.6 Å². The van der Waals surface area contributed by atoms with Crippen molar-refractivity contribution in [2.45, 2.75) is 11.4 Å².